The molecule has 2 amide bonds. The van der Waals surface area contributed by atoms with Gasteiger partial charge in [0.25, 0.3) is 11.8 Å². The lowest BCUT2D eigenvalue weighted by atomic mass is 9.80. The minimum Gasteiger partial charge on any atom is -0.497 e. The largest absolute Gasteiger partial charge is 0.497 e. The summed E-state index contributed by atoms with van der Waals surface area (Å²) >= 11 is 0. The van der Waals surface area contributed by atoms with Gasteiger partial charge in [0.05, 0.1) is 35.5 Å². The molecule has 0 radical (unpaired) electrons. The highest BCUT2D eigenvalue weighted by molar-refractivity contribution is 6.08. The van der Waals surface area contributed by atoms with Crippen LogP contribution in [0.2, 0.25) is 0 Å². The number of carbonyl (C=O) groups excluding carboxylic acids is 2. The number of aliphatic hydroxyl groups excluding tert-OH is 1. The molecule has 0 bridgehead atoms. The lowest BCUT2D eigenvalue weighted by molar-refractivity contribution is 0.0784. The molecule has 1 atom stereocenters. The molecule has 0 aliphatic heterocycles. The fraction of sp³-hybridized carbons (Fsp3) is 0.228. The molecule has 0 fully saturated rings. The van der Waals surface area contributed by atoms with Crippen molar-refractivity contribution in [3.8, 4) is 11.5 Å². The van der Waals surface area contributed by atoms with Crippen LogP contribution in [0.15, 0.2) is 151 Å². The number of aromatic amines is 1. The molecule has 8 rings (SSSR count). The lowest BCUT2D eigenvalue weighted by Crippen LogP contribution is -2.26. The standard InChI is InChI=1S/C57H57N5O6/c1-36-26-41(30-47-52(36)59-33-48(55(58)65)53(47)60-43-18-11-19-44(31-43)67-5)28-38-14-9-16-40(27-38)34-62(4)56(66)42-17-10-15-39(29-42)32-57(2,3)25-24-49(63)45-20-22-50(54-46(45)21-23-51(64)61-54)68-35-37-12-7-6-8-13-37/h6-23,26-27,29-31,33,49,63H,24-25,28,32,34-35H2,1-5H3,(H2,58,65)(H,59,60)(H,61,64)/t49-/m0/s1. The summed E-state index contributed by atoms with van der Waals surface area (Å²) in [5.41, 5.74) is 15.8. The highest BCUT2D eigenvalue weighted by Crippen LogP contribution is 2.37. The Hall–Kier alpha value is -7.76. The first kappa shape index (κ1) is 46.8. The van der Waals surface area contributed by atoms with Crippen molar-refractivity contribution in [2.24, 2.45) is 11.1 Å². The van der Waals surface area contributed by atoms with Gasteiger partial charge in [-0.05, 0) is 119 Å². The number of primary amides is 1. The number of pyridine rings is 2. The Morgan fingerprint density at radius 3 is 2.37 bits per heavy atom. The number of carbonyl (C=O) groups is 2. The summed E-state index contributed by atoms with van der Waals surface area (Å²) in [6.07, 6.45) is 3.29. The molecule has 8 aromatic rings. The van der Waals surface area contributed by atoms with Crippen molar-refractivity contribution in [2.45, 2.75) is 65.7 Å². The van der Waals surface area contributed by atoms with Crippen LogP contribution in [-0.4, -0.2) is 45.9 Å². The molecule has 0 unspecified atom stereocenters. The first-order valence-corrected chi connectivity index (χ1v) is 22.8. The average Bonchev–Trinajstić information content (AvgIpc) is 3.32. The van der Waals surface area contributed by atoms with Gasteiger partial charge in [0.2, 0.25) is 5.56 Å². The number of ether oxygens (including phenoxy) is 2. The van der Waals surface area contributed by atoms with Crippen molar-refractivity contribution in [3.63, 3.8) is 0 Å². The number of hydrogen-bond acceptors (Lipinski definition) is 8. The Morgan fingerprint density at radius 1 is 0.824 bits per heavy atom. The fourth-order valence-corrected chi connectivity index (χ4v) is 9.00. The smallest absolute Gasteiger partial charge is 0.253 e. The van der Waals surface area contributed by atoms with Crippen molar-refractivity contribution in [1.82, 2.24) is 14.9 Å². The third-order valence-corrected chi connectivity index (χ3v) is 12.4. The molecule has 2 aromatic heterocycles. The summed E-state index contributed by atoms with van der Waals surface area (Å²) in [5.74, 6) is 0.568. The summed E-state index contributed by atoms with van der Waals surface area (Å²) in [4.78, 5) is 48.2. The Labute approximate surface area is 396 Å². The van der Waals surface area contributed by atoms with Crippen LogP contribution in [0.3, 0.4) is 0 Å². The van der Waals surface area contributed by atoms with E-state index in [-0.39, 0.29) is 22.4 Å². The third-order valence-electron chi connectivity index (χ3n) is 12.4. The van der Waals surface area contributed by atoms with E-state index in [0.29, 0.717) is 67.1 Å². The molecule has 11 heteroatoms. The van der Waals surface area contributed by atoms with Crippen LogP contribution in [0.5, 0.6) is 11.5 Å². The van der Waals surface area contributed by atoms with Crippen molar-refractivity contribution < 1.29 is 24.2 Å². The Kier molecular flexibility index (Phi) is 14.0. The number of methoxy groups -OCH3 is 1. The molecule has 68 heavy (non-hydrogen) atoms. The van der Waals surface area contributed by atoms with Crippen LogP contribution >= 0.6 is 0 Å². The van der Waals surface area contributed by atoms with E-state index in [1.165, 1.54) is 12.3 Å². The maximum Gasteiger partial charge on any atom is 0.253 e. The van der Waals surface area contributed by atoms with Gasteiger partial charge in [-0.1, -0.05) is 98.8 Å². The zero-order valence-electron chi connectivity index (χ0n) is 39.1. The topological polar surface area (TPSA) is 160 Å². The van der Waals surface area contributed by atoms with Gasteiger partial charge < -0.3 is 35.5 Å². The number of rotatable bonds is 18. The van der Waals surface area contributed by atoms with Crippen molar-refractivity contribution in [1.29, 1.82) is 0 Å². The summed E-state index contributed by atoms with van der Waals surface area (Å²) in [7, 11) is 3.43. The molecule has 5 N–H and O–H groups in total. The number of nitrogens with zero attached hydrogens (tertiary/aromatic N) is 2. The minimum atomic E-state index is -0.767. The second-order valence-corrected chi connectivity index (χ2v) is 18.4. The van der Waals surface area contributed by atoms with Gasteiger partial charge in [0.15, 0.2) is 0 Å². The van der Waals surface area contributed by atoms with Crippen molar-refractivity contribution in [3.05, 3.63) is 206 Å². The van der Waals surface area contributed by atoms with Gasteiger partial charge in [-0.3, -0.25) is 19.4 Å². The van der Waals surface area contributed by atoms with Gasteiger partial charge in [-0.2, -0.15) is 0 Å². The molecule has 2 heterocycles. The molecule has 346 valence electrons. The van der Waals surface area contributed by atoms with E-state index in [1.807, 2.05) is 117 Å². The van der Waals surface area contributed by atoms with E-state index >= 15 is 0 Å². The highest BCUT2D eigenvalue weighted by Gasteiger charge is 2.24. The van der Waals surface area contributed by atoms with Gasteiger partial charge in [-0.15, -0.1) is 0 Å². The summed E-state index contributed by atoms with van der Waals surface area (Å²) in [6.45, 7) is 7.13. The number of aryl methyl sites for hydroxylation is 1. The predicted molar refractivity (Wildman–Crippen MR) is 270 cm³/mol. The quantitative estimate of drug-likeness (QED) is 0.0662. The number of fused-ring (bicyclic) bond motifs is 2. The fourth-order valence-electron chi connectivity index (χ4n) is 9.00. The van der Waals surface area contributed by atoms with Gasteiger partial charge in [0.1, 0.15) is 18.1 Å². The van der Waals surface area contributed by atoms with Crippen molar-refractivity contribution in [2.75, 3.05) is 19.5 Å². The molecular formula is C57H57N5O6. The number of H-pyrrole nitrogens is 1. The van der Waals surface area contributed by atoms with Crippen molar-refractivity contribution >= 4 is 45.0 Å². The van der Waals surface area contributed by atoms with E-state index in [0.717, 1.165) is 60.9 Å². The number of anilines is 2. The Bertz CT molecular complexity index is 3180. The van der Waals surface area contributed by atoms with E-state index in [4.69, 9.17) is 15.2 Å². The molecular weight excluding hydrogens is 851 g/mol. The number of aliphatic hydroxyl groups is 1. The molecule has 0 saturated carbocycles. The van der Waals surface area contributed by atoms with Gasteiger partial charge in [-0.25, -0.2) is 0 Å². The first-order valence-electron chi connectivity index (χ1n) is 22.8. The summed E-state index contributed by atoms with van der Waals surface area (Å²) in [6, 6.07) is 44.5. The summed E-state index contributed by atoms with van der Waals surface area (Å²) in [5, 5.41) is 16.5. The molecule has 11 nitrogen and oxygen atoms in total. The normalized spacial score (nSPS) is 11.9. The van der Waals surface area contributed by atoms with E-state index < -0.39 is 12.0 Å². The van der Waals surface area contributed by atoms with Crippen LogP contribution in [0.1, 0.15) is 92.5 Å². The van der Waals surface area contributed by atoms with Crippen LogP contribution in [-0.2, 0) is 26.0 Å². The predicted octanol–water partition coefficient (Wildman–Crippen LogP) is 10.8. The monoisotopic (exact) mass is 907 g/mol. The molecule has 0 saturated heterocycles. The molecule has 0 spiro atoms. The molecule has 0 aliphatic carbocycles. The number of nitrogens with two attached hydrogens (primary N) is 1. The number of benzene rings is 6. The van der Waals surface area contributed by atoms with Crippen LogP contribution in [0, 0.1) is 12.3 Å². The van der Waals surface area contributed by atoms with E-state index in [1.54, 1.807) is 18.1 Å². The average molecular weight is 908 g/mol. The van der Waals surface area contributed by atoms with Crippen LogP contribution in [0.25, 0.3) is 21.8 Å². The number of amides is 2. The van der Waals surface area contributed by atoms with Gasteiger partial charge in [0, 0.05) is 53.9 Å². The second-order valence-electron chi connectivity index (χ2n) is 18.4. The second kappa shape index (κ2) is 20.4. The lowest BCUT2D eigenvalue weighted by Gasteiger charge is -2.27. The first-order chi connectivity index (χ1) is 32.7. The minimum absolute atomic E-state index is 0.0782. The van der Waals surface area contributed by atoms with E-state index in [9.17, 15) is 19.5 Å². The number of hydrogen-bond donors (Lipinski definition) is 4. The maximum atomic E-state index is 13.9. The Morgan fingerprint density at radius 2 is 1.57 bits per heavy atom. The number of nitrogens with one attached hydrogen (secondary N) is 2. The maximum absolute atomic E-state index is 13.9. The zero-order valence-corrected chi connectivity index (χ0v) is 39.1. The van der Waals surface area contributed by atoms with Crippen LogP contribution in [0.4, 0.5) is 11.4 Å². The highest BCUT2D eigenvalue weighted by atomic mass is 16.5. The van der Waals surface area contributed by atoms with Crippen LogP contribution < -0.4 is 26.1 Å². The molecule has 6 aromatic carbocycles. The van der Waals surface area contributed by atoms with Gasteiger partial charge >= 0.3 is 0 Å². The SMILES string of the molecule is COc1cccc(Nc2c(C(N)=O)cnc3c(C)cc(Cc4cccc(CN(C)C(=O)c5cccc(CC(C)(C)CC[C@H](O)c6ccc(OCc7ccccc7)c7[nH]c(=O)ccc67)c5)c4)cc23)c1. The zero-order chi connectivity index (χ0) is 48.0. The Balaban J connectivity index is 0.914. The molecule has 0 aliphatic rings. The third kappa shape index (κ3) is 11.1. The number of aromatic nitrogens is 2. The summed E-state index contributed by atoms with van der Waals surface area (Å²) < 4.78 is 11.5. The van der Waals surface area contributed by atoms with E-state index in [2.05, 4.69) is 53.4 Å².